The van der Waals surface area contributed by atoms with Crippen LogP contribution in [0.15, 0.2) is 65.6 Å². The van der Waals surface area contributed by atoms with Crippen molar-refractivity contribution in [2.45, 2.75) is 6.42 Å². The summed E-state index contributed by atoms with van der Waals surface area (Å²) in [4.78, 5) is 13.2. The van der Waals surface area contributed by atoms with E-state index in [0.29, 0.717) is 28.8 Å². The Labute approximate surface area is 192 Å². The highest BCUT2D eigenvalue weighted by molar-refractivity contribution is 7.97. The highest BCUT2D eigenvalue weighted by Crippen LogP contribution is 2.35. The van der Waals surface area contributed by atoms with Crippen LogP contribution in [0.1, 0.15) is 27.0 Å². The molecule has 3 aromatic carbocycles. The number of carbonyl (C=O) groups is 1. The van der Waals surface area contributed by atoms with Crippen LogP contribution in [-0.2, 0) is 17.8 Å². The topological polar surface area (TPSA) is 43.4 Å². The van der Waals surface area contributed by atoms with Crippen molar-refractivity contribution in [1.82, 2.24) is 0 Å². The molecule has 32 heavy (non-hydrogen) atoms. The zero-order valence-electron chi connectivity index (χ0n) is 16.9. The van der Waals surface area contributed by atoms with Gasteiger partial charge in [0.15, 0.2) is 0 Å². The smallest absolute Gasteiger partial charge is 0.245 e. The summed E-state index contributed by atoms with van der Waals surface area (Å²) in [7, 11) is 1.62. The lowest BCUT2D eigenvalue weighted by atomic mass is 10.0. The van der Waals surface area contributed by atoms with Gasteiger partial charge in [0.2, 0.25) is 10.7 Å². The van der Waals surface area contributed by atoms with Crippen LogP contribution in [0.25, 0.3) is 6.08 Å². The molecule has 1 aliphatic rings. The number of Topliss-reactive ketones (excluding diaryl/α,β-unsaturated/α-hetero) is 1. The molecule has 0 spiro atoms. The van der Waals surface area contributed by atoms with Crippen LogP contribution in [0.5, 0.6) is 0 Å². The van der Waals surface area contributed by atoms with E-state index in [0.717, 1.165) is 5.56 Å². The Kier molecular flexibility index (Phi) is 6.33. The van der Waals surface area contributed by atoms with Gasteiger partial charge in [0.05, 0.1) is 23.3 Å². The minimum atomic E-state index is -1.74. The SMILES string of the molecule is CN1c2ccc(C#CCc3ccc(F)cc3)cc2C(=O)/C(=C\c2ccc(Cl)c(F)c2)[S+]1[O-]. The number of halogens is 3. The average Bonchev–Trinajstić information content (AvgIpc) is 2.79. The highest BCUT2D eigenvalue weighted by Gasteiger charge is 2.38. The van der Waals surface area contributed by atoms with E-state index < -0.39 is 23.0 Å². The van der Waals surface area contributed by atoms with Gasteiger partial charge in [0.25, 0.3) is 0 Å². The Bertz CT molecular complexity index is 1300. The highest BCUT2D eigenvalue weighted by atomic mass is 35.5. The maximum absolute atomic E-state index is 13.8. The average molecular weight is 468 g/mol. The number of anilines is 1. The predicted octanol–water partition coefficient (Wildman–Crippen LogP) is 5.55. The number of ketones is 1. The maximum Gasteiger partial charge on any atom is 0.245 e. The van der Waals surface area contributed by atoms with Crippen molar-refractivity contribution in [3.8, 4) is 11.8 Å². The molecule has 3 aromatic rings. The second-order valence-corrected chi connectivity index (χ2v) is 8.99. The van der Waals surface area contributed by atoms with Gasteiger partial charge in [-0.3, -0.25) is 4.79 Å². The Balaban J connectivity index is 1.64. The summed E-state index contributed by atoms with van der Waals surface area (Å²) in [5.74, 6) is 4.69. The van der Waals surface area contributed by atoms with E-state index in [1.807, 2.05) is 0 Å². The first kappa shape index (κ1) is 22.1. The Morgan fingerprint density at radius 2 is 1.84 bits per heavy atom. The summed E-state index contributed by atoms with van der Waals surface area (Å²) < 4.78 is 41.2. The number of fused-ring (bicyclic) bond motifs is 1. The molecular formula is C25H16ClF2NO2S. The first-order valence-corrected chi connectivity index (χ1v) is 11.1. The lowest BCUT2D eigenvalue weighted by Crippen LogP contribution is -2.36. The summed E-state index contributed by atoms with van der Waals surface area (Å²) in [6.07, 6.45) is 1.84. The van der Waals surface area contributed by atoms with Gasteiger partial charge in [-0.15, -0.1) is 0 Å². The summed E-state index contributed by atoms with van der Waals surface area (Å²) >= 11 is 3.97. The van der Waals surface area contributed by atoms with E-state index in [2.05, 4.69) is 11.8 Å². The fraction of sp³-hybridized carbons (Fsp3) is 0.0800. The van der Waals surface area contributed by atoms with Crippen molar-refractivity contribution in [3.05, 3.63) is 104 Å². The van der Waals surface area contributed by atoms with E-state index in [1.54, 1.807) is 43.4 Å². The molecule has 0 fully saturated rings. The van der Waals surface area contributed by atoms with Gasteiger partial charge in [-0.05, 0) is 53.6 Å². The van der Waals surface area contributed by atoms with Crippen molar-refractivity contribution < 1.29 is 18.1 Å². The molecule has 1 unspecified atom stereocenters. The molecule has 0 aliphatic carbocycles. The number of allylic oxidation sites excluding steroid dienone is 1. The molecule has 0 bridgehead atoms. The molecule has 1 heterocycles. The van der Waals surface area contributed by atoms with Crippen LogP contribution < -0.4 is 4.31 Å². The van der Waals surface area contributed by atoms with Gasteiger partial charge in [-0.25, -0.2) is 8.78 Å². The fourth-order valence-electron chi connectivity index (χ4n) is 3.24. The van der Waals surface area contributed by atoms with E-state index in [-0.39, 0.29) is 15.7 Å². The molecule has 3 nitrogen and oxygen atoms in total. The van der Waals surface area contributed by atoms with Gasteiger partial charge < -0.3 is 4.55 Å². The molecule has 0 saturated heterocycles. The van der Waals surface area contributed by atoms with Crippen molar-refractivity contribution in [1.29, 1.82) is 0 Å². The normalized spacial score (nSPS) is 16.5. The standard InChI is InChI=1S/C25H16ClF2NO2S/c1-29-23-12-8-17(4-2-3-16-5-9-19(27)10-6-16)13-20(23)25(30)24(32(29)31)15-18-7-11-21(26)22(28)14-18/h5-15H,3H2,1H3/b24-15+. The van der Waals surface area contributed by atoms with E-state index in [4.69, 9.17) is 11.6 Å². The third-order valence-electron chi connectivity index (χ3n) is 4.92. The predicted molar refractivity (Wildman–Crippen MR) is 124 cm³/mol. The summed E-state index contributed by atoms with van der Waals surface area (Å²) in [6, 6.07) is 15.3. The summed E-state index contributed by atoms with van der Waals surface area (Å²) in [5.41, 5.74) is 2.77. The minimum Gasteiger partial charge on any atom is -0.588 e. The molecule has 1 aliphatic heterocycles. The van der Waals surface area contributed by atoms with Crippen LogP contribution in [-0.4, -0.2) is 17.4 Å². The van der Waals surface area contributed by atoms with Crippen LogP contribution in [0.3, 0.4) is 0 Å². The molecule has 160 valence electrons. The van der Waals surface area contributed by atoms with Gasteiger partial charge in [0.1, 0.15) is 23.0 Å². The first-order valence-electron chi connectivity index (χ1n) is 9.58. The second kappa shape index (κ2) is 9.17. The lowest BCUT2D eigenvalue weighted by Gasteiger charge is -2.29. The molecule has 0 saturated carbocycles. The first-order chi connectivity index (χ1) is 15.3. The van der Waals surface area contributed by atoms with E-state index >= 15 is 0 Å². The molecule has 0 amide bonds. The van der Waals surface area contributed by atoms with Gasteiger partial charge in [-0.2, -0.15) is 4.31 Å². The number of hydrogen-bond acceptors (Lipinski definition) is 3. The van der Waals surface area contributed by atoms with E-state index in [9.17, 15) is 18.1 Å². The fourth-order valence-corrected chi connectivity index (χ4v) is 4.50. The van der Waals surface area contributed by atoms with Crippen molar-refractivity contribution in [3.63, 3.8) is 0 Å². The molecular weight excluding hydrogens is 452 g/mol. The molecule has 0 radical (unpaired) electrons. The minimum absolute atomic E-state index is 0.0328. The number of carbonyl (C=O) groups excluding carboxylic acids is 1. The number of hydrogen-bond donors (Lipinski definition) is 0. The number of nitrogens with zero attached hydrogens (tertiary/aromatic N) is 1. The van der Waals surface area contributed by atoms with Crippen LogP contribution in [0.2, 0.25) is 5.02 Å². The quantitative estimate of drug-likeness (QED) is 0.282. The Hall–Kier alpha value is -3.11. The number of rotatable bonds is 2. The Morgan fingerprint density at radius 3 is 2.56 bits per heavy atom. The molecule has 4 rings (SSSR count). The van der Waals surface area contributed by atoms with Crippen LogP contribution in [0.4, 0.5) is 14.5 Å². The molecule has 1 atom stereocenters. The monoisotopic (exact) mass is 467 g/mol. The van der Waals surface area contributed by atoms with Crippen molar-refractivity contribution >= 4 is 40.5 Å². The lowest BCUT2D eigenvalue weighted by molar-refractivity contribution is 0.104. The number of benzene rings is 3. The third-order valence-corrected chi connectivity index (χ3v) is 6.60. The Morgan fingerprint density at radius 1 is 1.09 bits per heavy atom. The van der Waals surface area contributed by atoms with Gasteiger partial charge in [0, 0.05) is 18.1 Å². The largest absolute Gasteiger partial charge is 0.588 e. The van der Waals surface area contributed by atoms with Crippen molar-refractivity contribution in [2.75, 3.05) is 11.4 Å². The van der Waals surface area contributed by atoms with Crippen LogP contribution in [0, 0.1) is 23.5 Å². The van der Waals surface area contributed by atoms with Crippen LogP contribution >= 0.6 is 11.6 Å². The van der Waals surface area contributed by atoms with Gasteiger partial charge in [-0.1, -0.05) is 41.6 Å². The molecule has 0 aromatic heterocycles. The van der Waals surface area contributed by atoms with Gasteiger partial charge >= 0.3 is 0 Å². The summed E-state index contributed by atoms with van der Waals surface area (Å²) in [5, 5.41) is -0.0328. The zero-order valence-corrected chi connectivity index (χ0v) is 18.4. The molecule has 0 N–H and O–H groups in total. The summed E-state index contributed by atoms with van der Waals surface area (Å²) in [6.45, 7) is 0. The van der Waals surface area contributed by atoms with Crippen molar-refractivity contribution in [2.24, 2.45) is 0 Å². The maximum atomic E-state index is 13.8. The van der Waals surface area contributed by atoms with E-state index in [1.165, 1.54) is 34.6 Å². The molecule has 7 heteroatoms. The zero-order chi connectivity index (χ0) is 22.8. The second-order valence-electron chi connectivity index (χ2n) is 7.09. The third kappa shape index (κ3) is 4.56.